The van der Waals surface area contributed by atoms with Gasteiger partial charge in [-0.3, -0.25) is 4.79 Å². The second kappa shape index (κ2) is 8.42. The van der Waals surface area contributed by atoms with Gasteiger partial charge in [-0.15, -0.1) is 0 Å². The number of anilines is 1. The van der Waals surface area contributed by atoms with E-state index in [0.717, 1.165) is 24.5 Å². The molecule has 0 aliphatic carbocycles. The molecule has 1 aromatic heterocycles. The molecule has 1 aromatic carbocycles. The van der Waals surface area contributed by atoms with Crippen molar-refractivity contribution in [1.82, 2.24) is 9.88 Å². The zero-order valence-corrected chi connectivity index (χ0v) is 14.1. The summed E-state index contributed by atoms with van der Waals surface area (Å²) < 4.78 is 28.5. The van der Waals surface area contributed by atoms with E-state index in [1.807, 2.05) is 18.2 Å². The SMILES string of the molecule is O=C(/C=C/c1ccc(OC(F)F)cc1)N1CCN(c2ccccn2)CC1. The van der Waals surface area contributed by atoms with Gasteiger partial charge in [0.1, 0.15) is 11.6 Å². The van der Waals surface area contributed by atoms with Crippen molar-refractivity contribution in [2.45, 2.75) is 6.61 Å². The van der Waals surface area contributed by atoms with E-state index in [1.165, 1.54) is 18.2 Å². The molecule has 7 heteroatoms. The monoisotopic (exact) mass is 359 g/mol. The first-order chi connectivity index (χ1) is 12.6. The number of rotatable bonds is 5. The Morgan fingerprint density at radius 2 is 1.81 bits per heavy atom. The van der Waals surface area contributed by atoms with Crippen molar-refractivity contribution in [3.05, 3.63) is 60.3 Å². The first-order valence-electron chi connectivity index (χ1n) is 8.30. The average Bonchev–Trinajstić information content (AvgIpc) is 2.67. The Balaban J connectivity index is 1.51. The van der Waals surface area contributed by atoms with Crippen molar-refractivity contribution < 1.29 is 18.3 Å². The summed E-state index contributed by atoms with van der Waals surface area (Å²) in [7, 11) is 0. The van der Waals surface area contributed by atoms with E-state index in [1.54, 1.807) is 29.3 Å². The predicted octanol–water partition coefficient (Wildman–Crippen LogP) is 3.05. The van der Waals surface area contributed by atoms with Gasteiger partial charge in [0.15, 0.2) is 0 Å². The molecule has 136 valence electrons. The minimum Gasteiger partial charge on any atom is -0.435 e. The number of nitrogens with zero attached hydrogens (tertiary/aromatic N) is 3. The lowest BCUT2D eigenvalue weighted by Crippen LogP contribution is -2.48. The van der Waals surface area contributed by atoms with Gasteiger partial charge < -0.3 is 14.5 Å². The Labute approximate surface area is 150 Å². The number of halogens is 2. The van der Waals surface area contributed by atoms with Gasteiger partial charge in [-0.05, 0) is 35.9 Å². The molecule has 0 N–H and O–H groups in total. The molecule has 1 aliphatic rings. The molecule has 0 atom stereocenters. The van der Waals surface area contributed by atoms with E-state index in [0.29, 0.717) is 13.1 Å². The van der Waals surface area contributed by atoms with E-state index >= 15 is 0 Å². The molecule has 0 saturated carbocycles. The molecule has 2 aromatic rings. The van der Waals surface area contributed by atoms with E-state index in [2.05, 4.69) is 14.6 Å². The van der Waals surface area contributed by atoms with Crippen LogP contribution in [-0.2, 0) is 4.79 Å². The number of hydrogen-bond donors (Lipinski definition) is 0. The largest absolute Gasteiger partial charge is 0.435 e. The van der Waals surface area contributed by atoms with Crippen molar-refractivity contribution in [3.8, 4) is 5.75 Å². The fourth-order valence-corrected chi connectivity index (χ4v) is 2.73. The number of alkyl halides is 2. The van der Waals surface area contributed by atoms with Gasteiger partial charge in [0.05, 0.1) is 0 Å². The standard InChI is InChI=1S/C19H19F2N3O2/c20-19(21)26-16-7-4-15(5-8-16)6-9-18(25)24-13-11-23(12-14-24)17-3-1-2-10-22-17/h1-10,19H,11-14H2/b9-6+. The molecule has 26 heavy (non-hydrogen) atoms. The summed E-state index contributed by atoms with van der Waals surface area (Å²) in [4.78, 5) is 20.6. The lowest BCUT2D eigenvalue weighted by atomic mass is 10.2. The highest BCUT2D eigenvalue weighted by Gasteiger charge is 2.20. The maximum Gasteiger partial charge on any atom is 0.387 e. The second-order valence-electron chi connectivity index (χ2n) is 5.78. The average molecular weight is 359 g/mol. The van der Waals surface area contributed by atoms with Crippen LogP contribution in [0, 0.1) is 0 Å². The molecule has 2 heterocycles. The Bertz CT molecular complexity index is 743. The van der Waals surface area contributed by atoms with Crippen molar-refractivity contribution in [2.75, 3.05) is 31.1 Å². The number of hydrogen-bond acceptors (Lipinski definition) is 4. The van der Waals surface area contributed by atoms with Crippen molar-refractivity contribution in [3.63, 3.8) is 0 Å². The van der Waals surface area contributed by atoms with Gasteiger partial charge in [0, 0.05) is 38.5 Å². The number of carbonyl (C=O) groups is 1. The second-order valence-corrected chi connectivity index (χ2v) is 5.78. The van der Waals surface area contributed by atoms with Gasteiger partial charge in [0.25, 0.3) is 0 Å². The Morgan fingerprint density at radius 3 is 2.42 bits per heavy atom. The van der Waals surface area contributed by atoms with Crippen LogP contribution in [0.25, 0.3) is 6.08 Å². The van der Waals surface area contributed by atoms with Gasteiger partial charge in [-0.2, -0.15) is 8.78 Å². The summed E-state index contributed by atoms with van der Waals surface area (Å²) in [5.74, 6) is 0.939. The number of aromatic nitrogens is 1. The number of benzene rings is 1. The lowest BCUT2D eigenvalue weighted by molar-refractivity contribution is -0.126. The molecule has 1 saturated heterocycles. The lowest BCUT2D eigenvalue weighted by Gasteiger charge is -2.34. The zero-order valence-electron chi connectivity index (χ0n) is 14.1. The van der Waals surface area contributed by atoms with Crippen LogP contribution in [0.4, 0.5) is 14.6 Å². The molecular weight excluding hydrogens is 340 g/mol. The quantitative estimate of drug-likeness (QED) is 0.770. The van der Waals surface area contributed by atoms with Crippen LogP contribution in [0.5, 0.6) is 5.75 Å². The summed E-state index contributed by atoms with van der Waals surface area (Å²) in [6.07, 6.45) is 4.92. The number of amides is 1. The molecule has 0 radical (unpaired) electrons. The fraction of sp³-hybridized carbons (Fsp3) is 0.263. The van der Waals surface area contributed by atoms with Gasteiger partial charge >= 0.3 is 6.61 Å². The van der Waals surface area contributed by atoms with Crippen LogP contribution in [0.15, 0.2) is 54.7 Å². The minimum atomic E-state index is -2.84. The first kappa shape index (κ1) is 17.8. The van der Waals surface area contributed by atoms with Crippen LogP contribution >= 0.6 is 0 Å². The number of ether oxygens (including phenoxy) is 1. The normalized spacial score (nSPS) is 14.9. The van der Waals surface area contributed by atoms with Crippen molar-refractivity contribution in [2.24, 2.45) is 0 Å². The molecule has 0 spiro atoms. The maximum atomic E-state index is 12.3. The third-order valence-corrected chi connectivity index (χ3v) is 4.09. The number of pyridine rings is 1. The molecule has 0 unspecified atom stereocenters. The Kier molecular flexibility index (Phi) is 5.78. The highest BCUT2D eigenvalue weighted by molar-refractivity contribution is 5.92. The Morgan fingerprint density at radius 1 is 1.08 bits per heavy atom. The predicted molar refractivity (Wildman–Crippen MR) is 95.1 cm³/mol. The third-order valence-electron chi connectivity index (χ3n) is 4.09. The van der Waals surface area contributed by atoms with Crippen LogP contribution in [0.2, 0.25) is 0 Å². The molecule has 5 nitrogen and oxygen atoms in total. The summed E-state index contributed by atoms with van der Waals surface area (Å²) in [6.45, 7) is -0.128. The van der Waals surface area contributed by atoms with Gasteiger partial charge in [0.2, 0.25) is 5.91 Å². The highest BCUT2D eigenvalue weighted by Crippen LogP contribution is 2.16. The maximum absolute atomic E-state index is 12.3. The Hall–Kier alpha value is -2.96. The summed E-state index contributed by atoms with van der Waals surface area (Å²) >= 11 is 0. The molecule has 1 fully saturated rings. The number of carbonyl (C=O) groups excluding carboxylic acids is 1. The smallest absolute Gasteiger partial charge is 0.387 e. The molecule has 0 bridgehead atoms. The molecule has 1 aliphatic heterocycles. The van der Waals surface area contributed by atoms with Crippen LogP contribution in [0.3, 0.4) is 0 Å². The molecular formula is C19H19F2N3O2. The van der Waals surface area contributed by atoms with Crippen molar-refractivity contribution >= 4 is 17.8 Å². The molecule has 1 amide bonds. The fourth-order valence-electron chi connectivity index (χ4n) is 2.73. The van der Waals surface area contributed by atoms with Gasteiger partial charge in [-0.1, -0.05) is 18.2 Å². The van der Waals surface area contributed by atoms with E-state index in [9.17, 15) is 13.6 Å². The summed E-state index contributed by atoms with van der Waals surface area (Å²) in [5, 5.41) is 0. The summed E-state index contributed by atoms with van der Waals surface area (Å²) in [5.41, 5.74) is 0.743. The summed E-state index contributed by atoms with van der Waals surface area (Å²) in [6, 6.07) is 11.9. The van der Waals surface area contributed by atoms with Crippen molar-refractivity contribution in [1.29, 1.82) is 0 Å². The van der Waals surface area contributed by atoms with Crippen LogP contribution in [0.1, 0.15) is 5.56 Å². The zero-order chi connectivity index (χ0) is 18.4. The third kappa shape index (κ3) is 4.78. The first-order valence-corrected chi connectivity index (χ1v) is 8.30. The van der Waals surface area contributed by atoms with Crippen LogP contribution in [-0.4, -0.2) is 48.6 Å². The number of piperazine rings is 1. The minimum absolute atomic E-state index is 0.0708. The van der Waals surface area contributed by atoms with E-state index < -0.39 is 6.61 Å². The van der Waals surface area contributed by atoms with E-state index in [-0.39, 0.29) is 11.7 Å². The molecule has 3 rings (SSSR count). The highest BCUT2D eigenvalue weighted by atomic mass is 19.3. The van der Waals surface area contributed by atoms with E-state index in [4.69, 9.17) is 0 Å². The van der Waals surface area contributed by atoms with Crippen LogP contribution < -0.4 is 9.64 Å². The van der Waals surface area contributed by atoms with Gasteiger partial charge in [-0.25, -0.2) is 4.98 Å². The topological polar surface area (TPSA) is 45.7 Å².